The van der Waals surface area contributed by atoms with Crippen LogP contribution in [0.5, 0.6) is 11.8 Å². The fourth-order valence-electron chi connectivity index (χ4n) is 4.52. The molecule has 110 valence electrons. The van der Waals surface area contributed by atoms with Crippen molar-refractivity contribution >= 4 is 10.8 Å². The molecule has 2 bridgehead atoms. The molecular weight excluding hydrogens is 274 g/mol. The summed E-state index contributed by atoms with van der Waals surface area (Å²) < 4.78 is 1.64. The molecule has 2 aromatic carbocycles. The Morgan fingerprint density at radius 3 is 2.18 bits per heavy atom. The summed E-state index contributed by atoms with van der Waals surface area (Å²) in [6, 6.07) is 14.0. The van der Waals surface area contributed by atoms with Crippen LogP contribution in [-0.4, -0.2) is 14.8 Å². The van der Waals surface area contributed by atoms with Gasteiger partial charge in [-0.1, -0.05) is 36.4 Å². The predicted octanol–water partition coefficient (Wildman–Crippen LogP) is 4.41. The molecule has 0 spiro atoms. The Balaban J connectivity index is 1.83. The Kier molecular flexibility index (Phi) is 2.25. The Bertz CT molecular complexity index is 870. The van der Waals surface area contributed by atoms with Crippen LogP contribution in [0.1, 0.15) is 42.2 Å². The van der Waals surface area contributed by atoms with E-state index in [1.54, 1.807) is 4.57 Å². The Hall–Kier alpha value is -2.42. The van der Waals surface area contributed by atoms with Crippen LogP contribution in [0, 0.1) is 0 Å². The van der Waals surface area contributed by atoms with E-state index in [-0.39, 0.29) is 11.8 Å². The third-order valence-corrected chi connectivity index (χ3v) is 5.45. The van der Waals surface area contributed by atoms with Crippen LogP contribution < -0.4 is 0 Å². The van der Waals surface area contributed by atoms with Crippen molar-refractivity contribution in [3.8, 4) is 17.4 Å². The van der Waals surface area contributed by atoms with Gasteiger partial charge in [-0.25, -0.2) is 0 Å². The van der Waals surface area contributed by atoms with Crippen LogP contribution in [0.4, 0.5) is 0 Å². The highest BCUT2D eigenvalue weighted by Crippen LogP contribution is 2.60. The van der Waals surface area contributed by atoms with Crippen LogP contribution >= 0.6 is 0 Å². The van der Waals surface area contributed by atoms with Gasteiger partial charge >= 0.3 is 0 Å². The molecule has 0 unspecified atom stereocenters. The Labute approximate surface area is 128 Å². The maximum absolute atomic E-state index is 10.8. The topological polar surface area (TPSA) is 45.4 Å². The van der Waals surface area contributed by atoms with Gasteiger partial charge in [0.05, 0.1) is 5.69 Å². The molecular formula is C19H17NO2. The molecule has 2 atom stereocenters. The lowest BCUT2D eigenvalue weighted by atomic mass is 9.95. The van der Waals surface area contributed by atoms with E-state index < -0.39 is 0 Å². The molecule has 0 saturated heterocycles. The van der Waals surface area contributed by atoms with Gasteiger partial charge in [-0.3, -0.25) is 4.57 Å². The minimum Gasteiger partial charge on any atom is -0.494 e. The number of rotatable bonds is 1. The fourth-order valence-corrected chi connectivity index (χ4v) is 4.52. The molecule has 3 aromatic rings. The molecule has 3 nitrogen and oxygen atoms in total. The summed E-state index contributed by atoms with van der Waals surface area (Å²) in [5.74, 6) is 1.30. The minimum absolute atomic E-state index is 0.232. The van der Waals surface area contributed by atoms with E-state index in [0.29, 0.717) is 11.8 Å². The lowest BCUT2D eigenvalue weighted by molar-refractivity contribution is 0.395. The van der Waals surface area contributed by atoms with E-state index in [0.717, 1.165) is 46.8 Å². The van der Waals surface area contributed by atoms with Crippen LogP contribution in [0.2, 0.25) is 0 Å². The van der Waals surface area contributed by atoms with Crippen molar-refractivity contribution in [2.75, 3.05) is 0 Å². The highest BCUT2D eigenvalue weighted by atomic mass is 16.3. The van der Waals surface area contributed by atoms with E-state index in [1.165, 1.54) is 0 Å². The van der Waals surface area contributed by atoms with Gasteiger partial charge < -0.3 is 10.2 Å². The zero-order valence-electron chi connectivity index (χ0n) is 12.2. The molecule has 5 rings (SSSR count). The lowest BCUT2D eigenvalue weighted by Gasteiger charge is -2.12. The number of fused-ring (bicyclic) bond motifs is 6. The number of benzene rings is 2. The molecule has 22 heavy (non-hydrogen) atoms. The van der Waals surface area contributed by atoms with Gasteiger partial charge in [-0.05, 0) is 42.6 Å². The van der Waals surface area contributed by atoms with Crippen LogP contribution in [0.3, 0.4) is 0 Å². The monoisotopic (exact) mass is 291 g/mol. The summed E-state index contributed by atoms with van der Waals surface area (Å²) >= 11 is 0. The minimum atomic E-state index is 0.232. The first-order valence-electron chi connectivity index (χ1n) is 7.90. The van der Waals surface area contributed by atoms with E-state index in [9.17, 15) is 10.2 Å². The van der Waals surface area contributed by atoms with Crippen LogP contribution in [0.15, 0.2) is 42.5 Å². The molecule has 2 aliphatic rings. The van der Waals surface area contributed by atoms with Crippen LogP contribution in [0.25, 0.3) is 16.5 Å². The van der Waals surface area contributed by atoms with Crippen molar-refractivity contribution in [2.45, 2.75) is 31.1 Å². The molecule has 3 heteroatoms. The third-order valence-electron chi connectivity index (χ3n) is 5.45. The average Bonchev–Trinajstić information content (AvgIpc) is 3.21. The maximum Gasteiger partial charge on any atom is 0.202 e. The Morgan fingerprint density at radius 2 is 1.45 bits per heavy atom. The summed E-state index contributed by atoms with van der Waals surface area (Å²) in [6.45, 7) is 0. The second-order valence-electron chi connectivity index (χ2n) is 6.52. The van der Waals surface area contributed by atoms with E-state index in [1.807, 2.05) is 42.5 Å². The van der Waals surface area contributed by atoms with Gasteiger partial charge in [0.1, 0.15) is 0 Å². The van der Waals surface area contributed by atoms with Crippen molar-refractivity contribution in [3.05, 3.63) is 53.6 Å². The van der Waals surface area contributed by atoms with E-state index in [2.05, 4.69) is 0 Å². The molecule has 2 aliphatic carbocycles. The molecule has 1 heterocycles. The van der Waals surface area contributed by atoms with E-state index in [4.69, 9.17) is 0 Å². The number of aromatic nitrogens is 1. The predicted molar refractivity (Wildman–Crippen MR) is 85.9 cm³/mol. The lowest BCUT2D eigenvalue weighted by Crippen LogP contribution is -1.96. The summed E-state index contributed by atoms with van der Waals surface area (Å²) in [5.41, 5.74) is 2.82. The second kappa shape index (κ2) is 4.07. The highest BCUT2D eigenvalue weighted by molar-refractivity contribution is 5.91. The molecule has 0 aliphatic heterocycles. The van der Waals surface area contributed by atoms with Gasteiger partial charge in [-0.15, -0.1) is 0 Å². The number of nitrogens with zero attached hydrogens (tertiary/aromatic N) is 1. The summed E-state index contributed by atoms with van der Waals surface area (Å²) in [7, 11) is 0. The summed E-state index contributed by atoms with van der Waals surface area (Å²) in [6.07, 6.45) is 3.34. The smallest absolute Gasteiger partial charge is 0.202 e. The van der Waals surface area contributed by atoms with Crippen molar-refractivity contribution in [1.29, 1.82) is 0 Å². The average molecular weight is 291 g/mol. The normalized spacial score (nSPS) is 22.4. The number of aromatic hydroxyl groups is 2. The van der Waals surface area contributed by atoms with Gasteiger partial charge in [-0.2, -0.15) is 0 Å². The number of hydrogen-bond donors (Lipinski definition) is 2. The van der Waals surface area contributed by atoms with Gasteiger partial charge in [0.2, 0.25) is 11.8 Å². The van der Waals surface area contributed by atoms with Gasteiger partial charge in [0.15, 0.2) is 0 Å². The first kappa shape index (κ1) is 12.2. The molecule has 1 saturated carbocycles. The first-order chi connectivity index (χ1) is 10.8. The van der Waals surface area contributed by atoms with E-state index >= 15 is 0 Å². The molecule has 0 radical (unpaired) electrons. The highest BCUT2D eigenvalue weighted by Gasteiger charge is 2.44. The van der Waals surface area contributed by atoms with Gasteiger partial charge in [0, 0.05) is 16.5 Å². The maximum atomic E-state index is 10.8. The van der Waals surface area contributed by atoms with Crippen molar-refractivity contribution in [1.82, 2.24) is 4.57 Å². The first-order valence-corrected chi connectivity index (χ1v) is 7.90. The molecule has 2 N–H and O–H groups in total. The van der Waals surface area contributed by atoms with Crippen LogP contribution in [-0.2, 0) is 0 Å². The largest absolute Gasteiger partial charge is 0.494 e. The van der Waals surface area contributed by atoms with Crippen molar-refractivity contribution < 1.29 is 10.2 Å². The summed E-state index contributed by atoms with van der Waals surface area (Å²) in [5, 5.41) is 23.7. The fraction of sp³-hybridized carbons (Fsp3) is 0.263. The van der Waals surface area contributed by atoms with Gasteiger partial charge in [0.25, 0.3) is 0 Å². The molecule has 0 amide bonds. The molecule has 1 aromatic heterocycles. The van der Waals surface area contributed by atoms with Crippen molar-refractivity contribution in [2.24, 2.45) is 0 Å². The third kappa shape index (κ3) is 1.36. The quantitative estimate of drug-likeness (QED) is 0.697. The SMILES string of the molecule is Oc1c2c(c(O)n1-c1cccc3ccccc13)[C@H]1CC[C@@H]2C1. The molecule has 1 fully saturated rings. The summed E-state index contributed by atoms with van der Waals surface area (Å²) in [4.78, 5) is 0. The Morgan fingerprint density at radius 1 is 0.818 bits per heavy atom. The zero-order valence-corrected chi connectivity index (χ0v) is 12.2. The van der Waals surface area contributed by atoms with Crippen molar-refractivity contribution in [3.63, 3.8) is 0 Å². The zero-order chi connectivity index (χ0) is 14.8. The second-order valence-corrected chi connectivity index (χ2v) is 6.52. The standard InChI is InChI=1S/C19H17NO2/c21-18-16-12-8-9-13(10-12)17(16)19(22)20(18)15-7-3-5-11-4-1-2-6-14(11)15/h1-7,12-13,21-22H,8-10H2/t12-,13+. The number of hydrogen-bond acceptors (Lipinski definition) is 2.